The number of carbonyl (C=O) groups excluding carboxylic acids is 3. The third-order valence-electron chi connectivity index (χ3n) is 10.5. The highest BCUT2D eigenvalue weighted by atomic mass is 35.5. The Kier molecular flexibility index (Phi) is 9.97. The second-order valence-corrected chi connectivity index (χ2v) is 16.6. The number of β-lactam (4-membered cyclic amide) rings is 1. The molecule has 6 heterocycles. The first-order valence-electron chi connectivity index (χ1n) is 16.4. The first-order valence-corrected chi connectivity index (χ1v) is 18.7. The fourth-order valence-electron chi connectivity index (χ4n) is 7.21. The highest BCUT2D eigenvalue weighted by Crippen LogP contribution is 2.48. The van der Waals surface area contributed by atoms with Crippen LogP contribution in [0.2, 0.25) is 5.02 Å². The van der Waals surface area contributed by atoms with Crippen LogP contribution in [-0.2, 0) is 24.0 Å². The van der Waals surface area contributed by atoms with E-state index in [0.717, 1.165) is 50.2 Å². The largest absolute Gasteiger partial charge is 0.504 e. The van der Waals surface area contributed by atoms with E-state index in [1.807, 2.05) is 0 Å². The first kappa shape index (κ1) is 37.4. The van der Waals surface area contributed by atoms with Gasteiger partial charge in [0, 0.05) is 54.3 Å². The molecule has 7 N–H and O–H groups in total. The standard InChI is InChI=1S/C33H37ClN6O10S2/c1-32(2,30(48)49)50-38-23(19-14-52-31(35)37-19)21(42)11-18-27(45)39-24(29(46)47)16(13-51-28(18)39)12-40-8-5-33(6-9-40,7-10-40)15-36-26(44)17-3-4-20(41)25(43)22(17)34/h3-4,14,18,28H,5-13,15H2,1-2H3,(H6-,35,36,37,38,41,42,43,44,46,47,48,49)/p+1/t18-,28-,33?,40?/m1/s1. The minimum atomic E-state index is -1.76. The molecule has 2 atom stereocenters. The number of nitrogen functional groups attached to an aromatic ring is 1. The number of quaternary nitrogens is 1. The SMILES string of the molecule is CC(C)(O/N=C(\C(=O)C[C@@H]1C(=O)N2C(C(=O)O)=C(C[N+]34CCC(CNC(=O)c5ccc(O)c(O)c5Cl)(CC3)CC4)CS[C@H]12)c1csc(N)n1)C(=O)O. The number of carboxylic acids is 2. The maximum absolute atomic E-state index is 13.5. The number of nitrogens with zero attached hydrogens (tertiary/aromatic N) is 4. The molecule has 0 spiro atoms. The van der Waals surface area contributed by atoms with Crippen molar-refractivity contribution in [2.24, 2.45) is 16.5 Å². The summed E-state index contributed by atoms with van der Waals surface area (Å²) in [5.74, 6) is -5.55. The maximum atomic E-state index is 13.5. The maximum Gasteiger partial charge on any atom is 0.352 e. The van der Waals surface area contributed by atoms with E-state index in [4.69, 9.17) is 22.2 Å². The number of halogens is 1. The predicted octanol–water partition coefficient (Wildman–Crippen LogP) is 2.63. The molecule has 1 aromatic carbocycles. The van der Waals surface area contributed by atoms with Gasteiger partial charge in [0.25, 0.3) is 5.91 Å². The van der Waals surface area contributed by atoms with Gasteiger partial charge in [0.05, 0.1) is 41.5 Å². The number of ketones is 1. The number of phenols is 2. The molecule has 2 aromatic rings. The highest BCUT2D eigenvalue weighted by Gasteiger charge is 2.56. The lowest BCUT2D eigenvalue weighted by Gasteiger charge is -2.56. The van der Waals surface area contributed by atoms with Crippen molar-refractivity contribution in [1.29, 1.82) is 0 Å². The molecule has 0 radical (unpaired) electrons. The average Bonchev–Trinajstić information content (AvgIpc) is 3.54. The summed E-state index contributed by atoms with van der Waals surface area (Å²) in [6.45, 7) is 5.67. The van der Waals surface area contributed by atoms with Crippen molar-refractivity contribution in [2.45, 2.75) is 50.5 Å². The van der Waals surface area contributed by atoms with Crippen LogP contribution in [-0.4, -0.2) is 119 Å². The van der Waals surface area contributed by atoms with Gasteiger partial charge < -0.3 is 40.8 Å². The summed E-state index contributed by atoms with van der Waals surface area (Å²) in [5, 5.41) is 46.9. The normalized spacial score (nSPS) is 25.7. The summed E-state index contributed by atoms with van der Waals surface area (Å²) in [6, 6.07) is 2.55. The zero-order chi connectivity index (χ0) is 37.7. The number of thiazole rings is 1. The Balaban J connectivity index is 1.11. The molecule has 4 fully saturated rings. The van der Waals surface area contributed by atoms with Gasteiger partial charge in [0.1, 0.15) is 17.9 Å². The van der Waals surface area contributed by atoms with Gasteiger partial charge in [-0.1, -0.05) is 16.8 Å². The number of rotatable bonds is 13. The van der Waals surface area contributed by atoms with Gasteiger partial charge in [-0.25, -0.2) is 14.6 Å². The number of aliphatic carboxylic acids is 2. The van der Waals surface area contributed by atoms with E-state index >= 15 is 0 Å². The van der Waals surface area contributed by atoms with E-state index < -0.39 is 57.9 Å². The first-order chi connectivity index (χ1) is 24.5. The number of anilines is 1. The highest BCUT2D eigenvalue weighted by molar-refractivity contribution is 8.00. The minimum absolute atomic E-state index is 0.0543. The van der Waals surface area contributed by atoms with Crippen LogP contribution < -0.4 is 11.1 Å². The number of oxime groups is 1. The van der Waals surface area contributed by atoms with E-state index in [1.165, 1.54) is 48.0 Å². The molecule has 19 heteroatoms. The lowest BCUT2D eigenvalue weighted by atomic mass is 9.70. The lowest BCUT2D eigenvalue weighted by molar-refractivity contribution is -0.941. The molecule has 2 amide bonds. The molecule has 5 aliphatic rings. The number of Topliss-reactive ketones (excluding diaryl/α,β-unsaturated/α-hetero) is 1. The number of piperidine rings is 3. The number of phenolic OH excluding ortho intramolecular Hbond substituents is 2. The topological polar surface area (TPSA) is 242 Å². The van der Waals surface area contributed by atoms with Gasteiger partial charge in [-0.15, -0.1) is 23.1 Å². The summed E-state index contributed by atoms with van der Waals surface area (Å²) in [4.78, 5) is 74.7. The van der Waals surface area contributed by atoms with Crippen LogP contribution in [0.25, 0.3) is 0 Å². The van der Waals surface area contributed by atoms with Gasteiger partial charge in [-0.05, 0) is 26.0 Å². The number of aromatic nitrogens is 1. The van der Waals surface area contributed by atoms with E-state index in [1.54, 1.807) is 0 Å². The van der Waals surface area contributed by atoms with Crippen molar-refractivity contribution >= 4 is 75.1 Å². The van der Waals surface area contributed by atoms with Crippen LogP contribution in [0, 0.1) is 11.3 Å². The van der Waals surface area contributed by atoms with Crippen LogP contribution in [0.5, 0.6) is 11.5 Å². The van der Waals surface area contributed by atoms with Crippen molar-refractivity contribution in [3.63, 3.8) is 0 Å². The fraction of sp³-hybridized carbons (Fsp3) is 0.485. The Morgan fingerprint density at radius 1 is 1.17 bits per heavy atom. The molecule has 5 aliphatic heterocycles. The molecular formula is C33H38ClN6O10S2+. The molecule has 16 nitrogen and oxygen atoms in total. The van der Waals surface area contributed by atoms with E-state index in [-0.39, 0.29) is 44.7 Å². The van der Waals surface area contributed by atoms with Crippen molar-refractivity contribution in [3.05, 3.63) is 45.1 Å². The number of carbonyl (C=O) groups is 5. The molecule has 2 bridgehead atoms. The smallest absolute Gasteiger partial charge is 0.352 e. The number of hydrogen-bond donors (Lipinski definition) is 6. The predicted molar refractivity (Wildman–Crippen MR) is 190 cm³/mol. The number of thioether (sulfide) groups is 1. The quantitative estimate of drug-likeness (QED) is 0.0564. The molecule has 52 heavy (non-hydrogen) atoms. The second kappa shape index (κ2) is 13.9. The summed E-state index contributed by atoms with van der Waals surface area (Å²) in [5.41, 5.74) is 4.30. The van der Waals surface area contributed by atoms with Gasteiger partial charge in [-0.3, -0.25) is 19.3 Å². The number of carboxylic acid groups (broad SMARTS) is 2. The van der Waals surface area contributed by atoms with Crippen LogP contribution in [0.1, 0.15) is 55.6 Å². The molecule has 4 saturated heterocycles. The van der Waals surface area contributed by atoms with Crippen LogP contribution in [0.15, 0.2) is 33.9 Å². The Morgan fingerprint density at radius 3 is 2.44 bits per heavy atom. The monoisotopic (exact) mass is 777 g/mol. The summed E-state index contributed by atoms with van der Waals surface area (Å²) in [7, 11) is 0. The van der Waals surface area contributed by atoms with Gasteiger partial charge in [-0.2, -0.15) is 0 Å². The Bertz CT molecular complexity index is 1900. The lowest BCUT2D eigenvalue weighted by Crippen LogP contribution is -2.66. The molecule has 0 saturated carbocycles. The van der Waals surface area contributed by atoms with Crippen molar-refractivity contribution in [2.75, 3.05) is 44.2 Å². The number of nitrogens with two attached hydrogens (primary N) is 1. The summed E-state index contributed by atoms with van der Waals surface area (Å²) < 4.78 is 0.665. The molecule has 1 aromatic heterocycles. The number of nitrogens with one attached hydrogen (secondary N) is 1. The zero-order valence-corrected chi connectivity index (χ0v) is 30.6. The van der Waals surface area contributed by atoms with Crippen LogP contribution in [0.4, 0.5) is 5.13 Å². The van der Waals surface area contributed by atoms with Crippen molar-refractivity contribution in [1.82, 2.24) is 15.2 Å². The van der Waals surface area contributed by atoms with Crippen molar-refractivity contribution < 1.29 is 53.7 Å². The van der Waals surface area contributed by atoms with Gasteiger partial charge >= 0.3 is 11.9 Å². The second-order valence-electron chi connectivity index (χ2n) is 14.2. The molecular weight excluding hydrogens is 740 g/mol. The molecule has 7 rings (SSSR count). The van der Waals surface area contributed by atoms with Crippen LogP contribution in [0.3, 0.4) is 0 Å². The Hall–Kier alpha value is -4.39. The van der Waals surface area contributed by atoms with Crippen molar-refractivity contribution in [3.8, 4) is 11.5 Å². The number of hydrogen-bond acceptors (Lipinski definition) is 13. The number of benzene rings is 1. The number of amides is 2. The van der Waals surface area contributed by atoms with Gasteiger partial charge in [0.15, 0.2) is 28.1 Å². The third-order valence-corrected chi connectivity index (χ3v) is 13.0. The van der Waals surface area contributed by atoms with E-state index in [0.29, 0.717) is 28.9 Å². The van der Waals surface area contributed by atoms with E-state index in [2.05, 4.69) is 15.5 Å². The Morgan fingerprint density at radius 2 is 1.85 bits per heavy atom. The molecule has 0 aliphatic carbocycles. The fourth-order valence-corrected chi connectivity index (χ4v) is 9.40. The number of aromatic hydroxyl groups is 2. The minimum Gasteiger partial charge on any atom is -0.504 e. The third kappa shape index (κ3) is 6.91. The summed E-state index contributed by atoms with van der Waals surface area (Å²) >= 11 is 8.52. The van der Waals surface area contributed by atoms with E-state index in [9.17, 15) is 44.4 Å². The van der Waals surface area contributed by atoms with Crippen LogP contribution >= 0.6 is 34.7 Å². The van der Waals surface area contributed by atoms with Gasteiger partial charge in [0.2, 0.25) is 11.5 Å². The molecule has 0 unspecified atom stereocenters. The Labute approximate surface area is 310 Å². The average molecular weight is 778 g/mol. The zero-order valence-electron chi connectivity index (χ0n) is 28.3. The molecule has 278 valence electrons. The summed E-state index contributed by atoms with van der Waals surface area (Å²) in [6.07, 6.45) is 2.06. The number of fused-ring (bicyclic) bond motifs is 4.